The lowest BCUT2D eigenvalue weighted by Crippen LogP contribution is -2.13. The average Bonchev–Trinajstić information content (AvgIpc) is 3.18. The summed E-state index contributed by atoms with van der Waals surface area (Å²) in [6, 6.07) is 8.10. The van der Waals surface area contributed by atoms with Crippen molar-refractivity contribution in [3.63, 3.8) is 0 Å². The Balaban J connectivity index is 1.65. The molecule has 7 heteroatoms. The van der Waals surface area contributed by atoms with E-state index in [0.29, 0.717) is 5.13 Å². The van der Waals surface area contributed by atoms with E-state index in [9.17, 15) is 4.79 Å². The Bertz CT molecular complexity index is 1020. The van der Waals surface area contributed by atoms with Crippen molar-refractivity contribution < 1.29 is 4.79 Å². The van der Waals surface area contributed by atoms with Gasteiger partial charge in [0.2, 0.25) is 0 Å². The summed E-state index contributed by atoms with van der Waals surface area (Å²) in [5.41, 5.74) is 4.28. The molecule has 0 saturated carbocycles. The van der Waals surface area contributed by atoms with Gasteiger partial charge in [-0.3, -0.25) is 15.1 Å². The summed E-state index contributed by atoms with van der Waals surface area (Å²) < 4.78 is 0. The van der Waals surface area contributed by atoms with Crippen LogP contribution in [-0.2, 0) is 0 Å². The highest BCUT2D eigenvalue weighted by molar-refractivity contribution is 7.14. The number of carbonyl (C=O) groups excluding carboxylic acids is 1. The molecule has 0 radical (unpaired) electrons. The molecule has 1 aromatic carbocycles. The Hall–Kier alpha value is -3.06. The highest BCUT2D eigenvalue weighted by Crippen LogP contribution is 2.33. The second-order valence-electron chi connectivity index (χ2n) is 5.25. The lowest BCUT2D eigenvalue weighted by molar-refractivity contribution is 0.102. The minimum Gasteiger partial charge on any atom is -0.358 e. The topological polar surface area (TPSA) is 83.6 Å². The van der Waals surface area contributed by atoms with Crippen molar-refractivity contribution >= 4 is 33.3 Å². The van der Waals surface area contributed by atoms with Crippen molar-refractivity contribution in [2.24, 2.45) is 0 Å². The molecule has 0 bridgehead atoms. The normalized spacial score (nSPS) is 10.9. The molecule has 0 spiro atoms. The summed E-state index contributed by atoms with van der Waals surface area (Å²) in [5.74, 6) is -0.320. The van der Waals surface area contributed by atoms with Crippen molar-refractivity contribution in [3.8, 4) is 11.3 Å². The quantitative estimate of drug-likeness (QED) is 0.599. The summed E-state index contributed by atoms with van der Waals surface area (Å²) in [5, 5.41) is 6.35. The maximum Gasteiger partial charge on any atom is 0.277 e. The van der Waals surface area contributed by atoms with Crippen molar-refractivity contribution in [3.05, 3.63) is 59.6 Å². The van der Waals surface area contributed by atoms with Gasteiger partial charge in [0.25, 0.3) is 5.91 Å². The number of anilines is 1. The van der Waals surface area contributed by atoms with E-state index in [-0.39, 0.29) is 11.6 Å². The molecule has 0 aliphatic rings. The zero-order valence-corrected chi connectivity index (χ0v) is 13.6. The predicted molar refractivity (Wildman–Crippen MR) is 94.1 cm³/mol. The van der Waals surface area contributed by atoms with Gasteiger partial charge in [-0.05, 0) is 13.0 Å². The fraction of sp³-hybridized carbons (Fsp3) is 0.0588. The lowest BCUT2D eigenvalue weighted by Gasteiger charge is -2.00. The van der Waals surface area contributed by atoms with Gasteiger partial charge in [0, 0.05) is 39.9 Å². The van der Waals surface area contributed by atoms with E-state index in [1.165, 1.54) is 29.9 Å². The molecule has 2 N–H and O–H groups in total. The van der Waals surface area contributed by atoms with Crippen LogP contribution in [0.5, 0.6) is 0 Å². The van der Waals surface area contributed by atoms with Crippen LogP contribution in [0, 0.1) is 6.92 Å². The molecule has 3 aromatic heterocycles. The van der Waals surface area contributed by atoms with Crippen LogP contribution in [-0.4, -0.2) is 25.8 Å². The molecule has 4 aromatic rings. The first-order chi connectivity index (χ1) is 11.7. The van der Waals surface area contributed by atoms with E-state index in [2.05, 4.69) is 31.3 Å². The fourth-order valence-electron chi connectivity index (χ4n) is 2.63. The summed E-state index contributed by atoms with van der Waals surface area (Å²) in [4.78, 5) is 27.9. The minimum atomic E-state index is -0.320. The van der Waals surface area contributed by atoms with Gasteiger partial charge in [-0.1, -0.05) is 18.2 Å². The number of aryl methyl sites for hydroxylation is 1. The van der Waals surface area contributed by atoms with Gasteiger partial charge in [0.05, 0.1) is 11.9 Å². The Morgan fingerprint density at radius 3 is 2.96 bits per heavy atom. The van der Waals surface area contributed by atoms with Gasteiger partial charge in [-0.25, -0.2) is 9.97 Å². The van der Waals surface area contributed by atoms with Crippen molar-refractivity contribution in [2.75, 3.05) is 5.32 Å². The Kier molecular flexibility index (Phi) is 3.55. The standard InChI is InChI=1S/C17H13N5OS/c1-10-15(11-4-2-3-5-12(11)20-10)14-9-24-17(21-14)22-16(23)13-8-18-6-7-19-13/h2-9,20H,1H3,(H,21,22,23). The number of aromatic nitrogens is 4. The third-order valence-corrected chi connectivity index (χ3v) is 4.43. The van der Waals surface area contributed by atoms with Crippen LogP contribution < -0.4 is 5.32 Å². The van der Waals surface area contributed by atoms with Crippen LogP contribution in [0.3, 0.4) is 0 Å². The number of carbonyl (C=O) groups is 1. The molecule has 0 aliphatic carbocycles. The number of hydrogen-bond acceptors (Lipinski definition) is 5. The molecular formula is C17H13N5OS. The second-order valence-corrected chi connectivity index (χ2v) is 6.11. The van der Waals surface area contributed by atoms with Crippen LogP contribution in [0.4, 0.5) is 5.13 Å². The van der Waals surface area contributed by atoms with Gasteiger partial charge in [-0.15, -0.1) is 11.3 Å². The number of rotatable bonds is 3. The molecule has 0 aliphatic heterocycles. The highest BCUT2D eigenvalue weighted by Gasteiger charge is 2.15. The number of amides is 1. The number of benzene rings is 1. The van der Waals surface area contributed by atoms with Gasteiger partial charge in [0.15, 0.2) is 5.13 Å². The first-order valence-corrected chi connectivity index (χ1v) is 8.21. The number of fused-ring (bicyclic) bond motifs is 1. The summed E-state index contributed by atoms with van der Waals surface area (Å²) in [6.45, 7) is 2.02. The molecular weight excluding hydrogens is 322 g/mol. The van der Waals surface area contributed by atoms with Crippen molar-refractivity contribution in [1.29, 1.82) is 0 Å². The minimum absolute atomic E-state index is 0.262. The molecule has 0 atom stereocenters. The first kappa shape index (κ1) is 14.5. The monoisotopic (exact) mass is 335 g/mol. The second kappa shape index (κ2) is 5.86. The third-order valence-electron chi connectivity index (χ3n) is 3.67. The van der Waals surface area contributed by atoms with Crippen molar-refractivity contribution in [1.82, 2.24) is 19.9 Å². The Morgan fingerprint density at radius 1 is 1.25 bits per heavy atom. The largest absolute Gasteiger partial charge is 0.358 e. The summed E-state index contributed by atoms with van der Waals surface area (Å²) in [6.07, 6.45) is 4.43. The number of nitrogens with one attached hydrogen (secondary N) is 2. The third kappa shape index (κ3) is 2.55. The lowest BCUT2D eigenvalue weighted by atomic mass is 10.1. The number of nitrogens with zero attached hydrogens (tertiary/aromatic N) is 3. The molecule has 118 valence electrons. The van der Waals surface area contributed by atoms with E-state index in [1.807, 2.05) is 30.5 Å². The number of para-hydroxylation sites is 1. The summed E-state index contributed by atoms with van der Waals surface area (Å²) in [7, 11) is 0. The molecule has 0 unspecified atom stereocenters. The number of hydrogen-bond donors (Lipinski definition) is 2. The Labute approximate surface area is 141 Å². The molecule has 3 heterocycles. The van der Waals surface area contributed by atoms with Gasteiger partial charge >= 0.3 is 0 Å². The van der Waals surface area contributed by atoms with Gasteiger partial charge < -0.3 is 4.98 Å². The molecule has 0 fully saturated rings. The predicted octanol–water partition coefficient (Wildman–Crippen LogP) is 3.64. The maximum absolute atomic E-state index is 12.1. The molecule has 6 nitrogen and oxygen atoms in total. The van der Waals surface area contributed by atoms with Gasteiger partial charge in [-0.2, -0.15) is 0 Å². The fourth-order valence-corrected chi connectivity index (χ4v) is 3.33. The van der Waals surface area contributed by atoms with E-state index in [0.717, 1.165) is 27.9 Å². The smallest absolute Gasteiger partial charge is 0.277 e. The van der Waals surface area contributed by atoms with Crippen LogP contribution >= 0.6 is 11.3 Å². The zero-order chi connectivity index (χ0) is 16.5. The Morgan fingerprint density at radius 2 is 2.12 bits per heavy atom. The van der Waals surface area contributed by atoms with E-state index < -0.39 is 0 Å². The van der Waals surface area contributed by atoms with E-state index in [4.69, 9.17) is 0 Å². The summed E-state index contributed by atoms with van der Waals surface area (Å²) >= 11 is 1.38. The average molecular weight is 335 g/mol. The van der Waals surface area contributed by atoms with Crippen LogP contribution in [0.1, 0.15) is 16.2 Å². The first-order valence-electron chi connectivity index (χ1n) is 7.33. The molecule has 1 amide bonds. The van der Waals surface area contributed by atoms with Crippen molar-refractivity contribution in [2.45, 2.75) is 6.92 Å². The zero-order valence-electron chi connectivity index (χ0n) is 12.8. The van der Waals surface area contributed by atoms with E-state index in [1.54, 1.807) is 0 Å². The van der Waals surface area contributed by atoms with Gasteiger partial charge in [0.1, 0.15) is 5.69 Å². The number of H-pyrrole nitrogens is 1. The number of thiazole rings is 1. The van der Waals surface area contributed by atoms with Crippen LogP contribution in [0.2, 0.25) is 0 Å². The number of aromatic amines is 1. The SMILES string of the molecule is Cc1[nH]c2ccccc2c1-c1csc(NC(=O)c2cnccn2)n1. The van der Waals surface area contributed by atoms with Crippen LogP contribution in [0.15, 0.2) is 48.2 Å². The maximum atomic E-state index is 12.1. The molecule has 4 rings (SSSR count). The van der Waals surface area contributed by atoms with E-state index >= 15 is 0 Å². The molecule has 0 saturated heterocycles. The van der Waals surface area contributed by atoms with Crippen LogP contribution in [0.25, 0.3) is 22.2 Å². The highest BCUT2D eigenvalue weighted by atomic mass is 32.1. The molecule has 24 heavy (non-hydrogen) atoms.